The molecule has 0 aliphatic rings. The van der Waals surface area contributed by atoms with Gasteiger partial charge in [-0.05, 0) is 36.6 Å². The van der Waals surface area contributed by atoms with Gasteiger partial charge in [0.15, 0.2) is 0 Å². The molecule has 21 heavy (non-hydrogen) atoms. The maximum atomic E-state index is 6.28. The summed E-state index contributed by atoms with van der Waals surface area (Å²) in [4.78, 5) is 0. The molecule has 0 fully saturated rings. The van der Waals surface area contributed by atoms with E-state index >= 15 is 0 Å². The van der Waals surface area contributed by atoms with Gasteiger partial charge in [0, 0.05) is 16.1 Å². The SMILES string of the molecule is CCc1ccc(OC(c2ccccc2Br)C(N)CC)cc1. The number of ether oxygens (including phenoxy) is 1. The Bertz CT molecular complexity index is 568. The minimum atomic E-state index is -0.155. The number of aryl methyl sites for hydroxylation is 1. The van der Waals surface area contributed by atoms with E-state index in [1.54, 1.807) is 0 Å². The summed E-state index contributed by atoms with van der Waals surface area (Å²) in [6, 6.07) is 16.3. The second kappa shape index (κ2) is 7.62. The van der Waals surface area contributed by atoms with Crippen molar-refractivity contribution in [1.29, 1.82) is 0 Å². The highest BCUT2D eigenvalue weighted by molar-refractivity contribution is 9.10. The summed E-state index contributed by atoms with van der Waals surface area (Å²) in [7, 11) is 0. The number of rotatable bonds is 6. The molecule has 0 aromatic heterocycles. The molecule has 2 unspecified atom stereocenters. The first-order valence-corrected chi connectivity index (χ1v) is 8.20. The zero-order valence-electron chi connectivity index (χ0n) is 12.6. The van der Waals surface area contributed by atoms with E-state index in [1.165, 1.54) is 5.56 Å². The molecule has 0 saturated carbocycles. The van der Waals surface area contributed by atoms with Gasteiger partial charge in [-0.25, -0.2) is 0 Å². The van der Waals surface area contributed by atoms with Crippen LogP contribution in [0.25, 0.3) is 0 Å². The van der Waals surface area contributed by atoms with Crippen LogP contribution in [0.3, 0.4) is 0 Å². The van der Waals surface area contributed by atoms with E-state index in [-0.39, 0.29) is 12.1 Å². The average Bonchev–Trinajstić information content (AvgIpc) is 2.53. The lowest BCUT2D eigenvalue weighted by Crippen LogP contribution is -2.31. The van der Waals surface area contributed by atoms with Crippen LogP contribution >= 0.6 is 15.9 Å². The molecule has 0 bridgehead atoms. The number of hydrogen-bond acceptors (Lipinski definition) is 2. The van der Waals surface area contributed by atoms with Crippen molar-refractivity contribution < 1.29 is 4.74 Å². The molecule has 2 N–H and O–H groups in total. The topological polar surface area (TPSA) is 35.2 Å². The van der Waals surface area contributed by atoms with Crippen molar-refractivity contribution in [2.24, 2.45) is 5.73 Å². The third-order valence-electron chi connectivity index (χ3n) is 3.67. The van der Waals surface area contributed by atoms with Crippen LogP contribution in [0.2, 0.25) is 0 Å². The molecule has 2 atom stereocenters. The van der Waals surface area contributed by atoms with Gasteiger partial charge in [0.1, 0.15) is 11.9 Å². The highest BCUT2D eigenvalue weighted by Crippen LogP contribution is 2.30. The van der Waals surface area contributed by atoms with Crippen LogP contribution in [-0.2, 0) is 6.42 Å². The lowest BCUT2D eigenvalue weighted by atomic mass is 10.0. The molecule has 0 aliphatic heterocycles. The maximum absolute atomic E-state index is 6.28. The fraction of sp³-hybridized carbons (Fsp3) is 0.333. The van der Waals surface area contributed by atoms with Crippen LogP contribution in [0.1, 0.15) is 37.5 Å². The quantitative estimate of drug-likeness (QED) is 0.808. The molecular formula is C18H22BrNO. The molecule has 3 heteroatoms. The molecule has 0 aliphatic carbocycles. The highest BCUT2D eigenvalue weighted by Gasteiger charge is 2.22. The first-order chi connectivity index (χ1) is 10.2. The summed E-state index contributed by atoms with van der Waals surface area (Å²) in [5.41, 5.74) is 8.67. The summed E-state index contributed by atoms with van der Waals surface area (Å²) in [5, 5.41) is 0. The fourth-order valence-corrected chi connectivity index (χ4v) is 2.76. The molecule has 2 rings (SSSR count). The van der Waals surface area contributed by atoms with Gasteiger partial charge in [0.2, 0.25) is 0 Å². The van der Waals surface area contributed by atoms with Crippen LogP contribution < -0.4 is 10.5 Å². The van der Waals surface area contributed by atoms with Crippen molar-refractivity contribution in [1.82, 2.24) is 0 Å². The summed E-state index contributed by atoms with van der Waals surface area (Å²) < 4.78 is 7.21. The Morgan fingerprint density at radius 3 is 2.29 bits per heavy atom. The minimum absolute atomic E-state index is 0.0467. The zero-order chi connectivity index (χ0) is 15.2. The van der Waals surface area contributed by atoms with E-state index in [9.17, 15) is 0 Å². The Morgan fingerprint density at radius 2 is 1.71 bits per heavy atom. The van der Waals surface area contributed by atoms with E-state index in [4.69, 9.17) is 10.5 Å². The monoisotopic (exact) mass is 347 g/mol. The first kappa shape index (κ1) is 16.1. The minimum Gasteiger partial charge on any atom is -0.484 e. The van der Waals surface area contributed by atoms with Crippen LogP contribution in [0.4, 0.5) is 0 Å². The molecule has 0 amide bonds. The third kappa shape index (κ3) is 4.08. The largest absolute Gasteiger partial charge is 0.484 e. The van der Waals surface area contributed by atoms with Crippen molar-refractivity contribution in [2.75, 3.05) is 0 Å². The maximum Gasteiger partial charge on any atom is 0.140 e. The lowest BCUT2D eigenvalue weighted by Gasteiger charge is -2.25. The summed E-state index contributed by atoms with van der Waals surface area (Å²) in [6.07, 6.45) is 1.74. The normalized spacial score (nSPS) is 13.7. The molecule has 112 valence electrons. The van der Waals surface area contributed by atoms with Crippen molar-refractivity contribution in [3.63, 3.8) is 0 Å². The van der Waals surface area contributed by atoms with Crippen LogP contribution in [0.15, 0.2) is 53.0 Å². The number of hydrogen-bond donors (Lipinski definition) is 1. The molecule has 0 radical (unpaired) electrons. The molecule has 2 aromatic rings. The smallest absolute Gasteiger partial charge is 0.140 e. The lowest BCUT2D eigenvalue weighted by molar-refractivity contribution is 0.170. The Hall–Kier alpha value is -1.32. The number of nitrogens with two attached hydrogens (primary N) is 1. The van der Waals surface area contributed by atoms with Gasteiger partial charge in [-0.1, -0.05) is 60.1 Å². The Kier molecular flexibility index (Phi) is 5.83. The van der Waals surface area contributed by atoms with Crippen LogP contribution in [0, 0.1) is 0 Å². The van der Waals surface area contributed by atoms with Crippen LogP contribution in [-0.4, -0.2) is 6.04 Å². The van der Waals surface area contributed by atoms with Crippen molar-refractivity contribution in [3.05, 3.63) is 64.1 Å². The van der Waals surface area contributed by atoms with Gasteiger partial charge < -0.3 is 10.5 Å². The van der Waals surface area contributed by atoms with Gasteiger partial charge >= 0.3 is 0 Å². The van der Waals surface area contributed by atoms with Gasteiger partial charge in [-0.3, -0.25) is 0 Å². The van der Waals surface area contributed by atoms with Gasteiger partial charge in [0.25, 0.3) is 0 Å². The number of benzene rings is 2. The zero-order valence-corrected chi connectivity index (χ0v) is 14.1. The summed E-state index contributed by atoms with van der Waals surface area (Å²) in [5.74, 6) is 0.858. The Morgan fingerprint density at radius 1 is 1.05 bits per heavy atom. The van der Waals surface area contributed by atoms with E-state index < -0.39 is 0 Å². The van der Waals surface area contributed by atoms with Gasteiger partial charge in [0.05, 0.1) is 0 Å². The van der Waals surface area contributed by atoms with Crippen LogP contribution in [0.5, 0.6) is 5.75 Å². The van der Waals surface area contributed by atoms with E-state index in [0.29, 0.717) is 0 Å². The fourth-order valence-electron chi connectivity index (χ4n) is 2.25. The highest BCUT2D eigenvalue weighted by atomic mass is 79.9. The van der Waals surface area contributed by atoms with Crippen molar-refractivity contribution in [2.45, 2.75) is 38.8 Å². The Labute approximate surface area is 135 Å². The number of halogens is 1. The molecule has 0 heterocycles. The van der Waals surface area contributed by atoms with E-state index in [1.807, 2.05) is 30.3 Å². The molecule has 0 saturated heterocycles. The Balaban J connectivity index is 2.26. The second-order valence-electron chi connectivity index (χ2n) is 5.13. The van der Waals surface area contributed by atoms with Gasteiger partial charge in [-0.2, -0.15) is 0 Å². The molecule has 2 nitrogen and oxygen atoms in total. The van der Waals surface area contributed by atoms with Crippen molar-refractivity contribution in [3.8, 4) is 5.75 Å². The van der Waals surface area contributed by atoms with Crippen molar-refractivity contribution >= 4 is 15.9 Å². The standard InChI is InChI=1S/C18H22BrNO/c1-3-13-9-11-14(12-10-13)21-18(17(20)4-2)15-7-5-6-8-16(15)19/h5-12,17-18H,3-4,20H2,1-2H3. The molecule has 2 aromatic carbocycles. The first-order valence-electron chi connectivity index (χ1n) is 7.41. The predicted molar refractivity (Wildman–Crippen MR) is 91.6 cm³/mol. The summed E-state index contributed by atoms with van der Waals surface area (Å²) >= 11 is 3.60. The molecule has 0 spiro atoms. The van der Waals surface area contributed by atoms with E-state index in [0.717, 1.165) is 28.6 Å². The third-order valence-corrected chi connectivity index (χ3v) is 4.39. The van der Waals surface area contributed by atoms with Gasteiger partial charge in [-0.15, -0.1) is 0 Å². The molecular weight excluding hydrogens is 326 g/mol. The predicted octanol–water partition coefficient (Wildman–Crippen LogP) is 4.87. The second-order valence-corrected chi connectivity index (χ2v) is 5.98. The van der Waals surface area contributed by atoms with E-state index in [2.05, 4.69) is 48.0 Å². The average molecular weight is 348 g/mol. The summed E-state index contributed by atoms with van der Waals surface area (Å²) in [6.45, 7) is 4.23.